The van der Waals surface area contributed by atoms with E-state index in [1.807, 2.05) is 19.1 Å². The number of hydrogen-bond donors (Lipinski definition) is 0. The van der Waals surface area contributed by atoms with Crippen LogP contribution in [-0.4, -0.2) is 34.3 Å². The Labute approximate surface area is 164 Å². The topological polar surface area (TPSA) is 59.0 Å². The molecule has 6 heteroatoms. The second-order valence-electron chi connectivity index (χ2n) is 7.88. The van der Waals surface area contributed by atoms with E-state index in [-0.39, 0.29) is 16.6 Å². The SMILES string of the molecule is CC[C@@H]1SC2=NC(C)=C(C(=O)OC)[C@@H](c3ccc(C(C)(C)C)cc3)N2C1=O. The fourth-order valence-electron chi connectivity index (χ4n) is 3.44. The molecule has 1 saturated heterocycles. The fourth-order valence-corrected chi connectivity index (χ4v) is 4.57. The van der Waals surface area contributed by atoms with E-state index in [9.17, 15) is 9.59 Å². The van der Waals surface area contributed by atoms with Crippen molar-refractivity contribution in [3.05, 3.63) is 46.7 Å². The number of allylic oxidation sites excluding steroid dienone is 1. The number of rotatable bonds is 3. The second-order valence-corrected chi connectivity index (χ2v) is 9.05. The van der Waals surface area contributed by atoms with Gasteiger partial charge in [-0.15, -0.1) is 0 Å². The third kappa shape index (κ3) is 3.43. The Bertz CT molecular complexity index is 834. The lowest BCUT2D eigenvalue weighted by molar-refractivity contribution is -0.137. The number of carbonyl (C=O) groups is 2. The highest BCUT2D eigenvalue weighted by Crippen LogP contribution is 2.44. The predicted octanol–water partition coefficient (Wildman–Crippen LogP) is 4.20. The summed E-state index contributed by atoms with van der Waals surface area (Å²) in [6, 6.07) is 7.63. The Morgan fingerprint density at radius 2 is 1.89 bits per heavy atom. The summed E-state index contributed by atoms with van der Waals surface area (Å²) in [5.74, 6) is -0.446. The number of aliphatic imine (C=N–C) groups is 1. The second kappa shape index (κ2) is 7.15. The molecule has 1 fully saturated rings. The zero-order valence-electron chi connectivity index (χ0n) is 16.7. The van der Waals surface area contributed by atoms with Gasteiger partial charge in [0.15, 0.2) is 5.17 Å². The molecule has 0 saturated carbocycles. The third-order valence-electron chi connectivity index (χ3n) is 5.02. The van der Waals surface area contributed by atoms with E-state index in [1.165, 1.54) is 24.4 Å². The lowest BCUT2D eigenvalue weighted by atomic mass is 9.85. The number of esters is 1. The van der Waals surface area contributed by atoms with Gasteiger partial charge in [0.2, 0.25) is 5.91 Å². The summed E-state index contributed by atoms with van der Waals surface area (Å²) in [6.07, 6.45) is 0.724. The van der Waals surface area contributed by atoms with Crippen molar-refractivity contribution >= 4 is 28.8 Å². The van der Waals surface area contributed by atoms with Gasteiger partial charge in [-0.25, -0.2) is 9.79 Å². The van der Waals surface area contributed by atoms with E-state index < -0.39 is 12.0 Å². The first kappa shape index (κ1) is 19.7. The van der Waals surface area contributed by atoms with Crippen LogP contribution in [0.3, 0.4) is 0 Å². The van der Waals surface area contributed by atoms with Crippen LogP contribution in [0.15, 0.2) is 40.5 Å². The van der Waals surface area contributed by atoms with Crippen LogP contribution in [0.25, 0.3) is 0 Å². The number of fused-ring (bicyclic) bond motifs is 1. The van der Waals surface area contributed by atoms with Crippen LogP contribution in [0.5, 0.6) is 0 Å². The van der Waals surface area contributed by atoms with Crippen LogP contribution in [0.4, 0.5) is 0 Å². The highest BCUT2D eigenvalue weighted by atomic mass is 32.2. The molecular weight excluding hydrogens is 360 g/mol. The number of hydrogen-bond acceptors (Lipinski definition) is 5. The molecule has 144 valence electrons. The zero-order chi connectivity index (χ0) is 19.9. The molecular formula is C21H26N2O3S. The lowest BCUT2D eigenvalue weighted by Gasteiger charge is -2.33. The number of benzene rings is 1. The molecule has 0 radical (unpaired) electrons. The Morgan fingerprint density at radius 3 is 2.41 bits per heavy atom. The molecule has 0 unspecified atom stereocenters. The molecule has 0 spiro atoms. The molecule has 2 aliphatic rings. The van der Waals surface area contributed by atoms with Gasteiger partial charge < -0.3 is 4.74 Å². The van der Waals surface area contributed by atoms with Crippen molar-refractivity contribution in [1.29, 1.82) is 0 Å². The molecule has 0 aliphatic carbocycles. The Morgan fingerprint density at radius 1 is 1.26 bits per heavy atom. The van der Waals surface area contributed by atoms with Crippen LogP contribution in [0.1, 0.15) is 58.2 Å². The van der Waals surface area contributed by atoms with Crippen LogP contribution in [-0.2, 0) is 19.7 Å². The van der Waals surface area contributed by atoms with E-state index >= 15 is 0 Å². The average molecular weight is 387 g/mol. The molecule has 0 bridgehead atoms. The Hall–Kier alpha value is -2.08. The van der Waals surface area contributed by atoms with Crippen molar-refractivity contribution < 1.29 is 14.3 Å². The van der Waals surface area contributed by atoms with E-state index in [4.69, 9.17) is 4.74 Å². The molecule has 2 atom stereocenters. The van der Waals surface area contributed by atoms with Crippen LogP contribution >= 0.6 is 11.8 Å². The number of ether oxygens (including phenoxy) is 1. The van der Waals surface area contributed by atoms with Gasteiger partial charge in [0.25, 0.3) is 0 Å². The maximum absolute atomic E-state index is 13.0. The predicted molar refractivity (Wildman–Crippen MR) is 109 cm³/mol. The van der Waals surface area contributed by atoms with Gasteiger partial charge in [-0.1, -0.05) is 63.7 Å². The maximum atomic E-state index is 13.0. The summed E-state index contributed by atoms with van der Waals surface area (Å²) in [6.45, 7) is 10.3. The minimum absolute atomic E-state index is 0.0000472. The fraction of sp³-hybridized carbons (Fsp3) is 0.476. The van der Waals surface area contributed by atoms with Gasteiger partial charge in [0.05, 0.1) is 29.7 Å². The summed E-state index contributed by atoms with van der Waals surface area (Å²) >= 11 is 1.47. The largest absolute Gasteiger partial charge is 0.466 e. The van der Waals surface area contributed by atoms with E-state index in [2.05, 4.69) is 37.9 Å². The summed E-state index contributed by atoms with van der Waals surface area (Å²) in [7, 11) is 1.36. The standard InChI is InChI=1S/C21H26N2O3S/c1-7-15-18(24)23-17(13-8-10-14(11-9-13)21(3,4)5)16(19(25)26-6)12(2)22-20(23)27-15/h8-11,15,17H,7H2,1-6H3/t15-,17+/m0/s1. The molecule has 1 amide bonds. The van der Waals surface area contributed by atoms with Gasteiger partial charge in [-0.05, 0) is 29.9 Å². The number of amidine groups is 1. The lowest BCUT2D eigenvalue weighted by Crippen LogP contribution is -2.40. The molecule has 1 aromatic rings. The van der Waals surface area contributed by atoms with Crippen molar-refractivity contribution in [1.82, 2.24) is 4.90 Å². The Kier molecular flexibility index (Phi) is 5.21. The molecule has 2 aliphatic heterocycles. The number of nitrogens with zero attached hydrogens (tertiary/aromatic N) is 2. The van der Waals surface area contributed by atoms with Gasteiger partial charge in [0.1, 0.15) is 0 Å². The molecule has 3 rings (SSSR count). The van der Waals surface area contributed by atoms with Gasteiger partial charge in [0, 0.05) is 0 Å². The Balaban J connectivity index is 2.12. The first-order valence-corrected chi connectivity index (χ1v) is 10.0. The monoisotopic (exact) mass is 386 g/mol. The van der Waals surface area contributed by atoms with Gasteiger partial charge >= 0.3 is 5.97 Å². The zero-order valence-corrected chi connectivity index (χ0v) is 17.5. The highest BCUT2D eigenvalue weighted by Gasteiger charge is 2.47. The van der Waals surface area contributed by atoms with Gasteiger partial charge in [-0.3, -0.25) is 9.69 Å². The van der Waals surface area contributed by atoms with Crippen molar-refractivity contribution in [2.45, 2.75) is 57.7 Å². The van der Waals surface area contributed by atoms with Crippen molar-refractivity contribution in [2.24, 2.45) is 4.99 Å². The summed E-state index contributed by atoms with van der Waals surface area (Å²) in [4.78, 5) is 31.7. The van der Waals surface area contributed by atoms with E-state index in [0.29, 0.717) is 16.4 Å². The van der Waals surface area contributed by atoms with E-state index in [1.54, 1.807) is 11.8 Å². The summed E-state index contributed by atoms with van der Waals surface area (Å²) < 4.78 is 5.02. The molecule has 1 aromatic carbocycles. The highest BCUT2D eigenvalue weighted by molar-refractivity contribution is 8.15. The van der Waals surface area contributed by atoms with Crippen molar-refractivity contribution in [3.8, 4) is 0 Å². The molecule has 0 aromatic heterocycles. The maximum Gasteiger partial charge on any atom is 0.338 e. The van der Waals surface area contributed by atoms with E-state index in [0.717, 1.165) is 12.0 Å². The molecule has 0 N–H and O–H groups in total. The number of carbonyl (C=O) groups excluding carboxylic acids is 2. The van der Waals surface area contributed by atoms with Crippen LogP contribution < -0.4 is 0 Å². The minimum Gasteiger partial charge on any atom is -0.466 e. The van der Waals surface area contributed by atoms with Crippen LogP contribution in [0, 0.1) is 0 Å². The number of amides is 1. The first-order valence-electron chi connectivity index (χ1n) is 9.17. The quantitative estimate of drug-likeness (QED) is 0.731. The average Bonchev–Trinajstić information content (AvgIpc) is 2.94. The minimum atomic E-state index is -0.504. The number of thioether (sulfide) groups is 1. The molecule has 5 nitrogen and oxygen atoms in total. The van der Waals surface area contributed by atoms with Crippen molar-refractivity contribution in [2.75, 3.05) is 7.11 Å². The summed E-state index contributed by atoms with van der Waals surface area (Å²) in [5.41, 5.74) is 3.15. The normalized spacial score (nSPS) is 22.7. The van der Waals surface area contributed by atoms with Crippen LogP contribution in [0.2, 0.25) is 0 Å². The van der Waals surface area contributed by atoms with Crippen molar-refractivity contribution in [3.63, 3.8) is 0 Å². The van der Waals surface area contributed by atoms with Gasteiger partial charge in [-0.2, -0.15) is 0 Å². The third-order valence-corrected chi connectivity index (χ3v) is 6.34. The summed E-state index contributed by atoms with van der Waals surface area (Å²) in [5, 5.41) is 0.506. The number of methoxy groups -OCH3 is 1. The smallest absolute Gasteiger partial charge is 0.338 e. The molecule has 2 heterocycles. The molecule has 27 heavy (non-hydrogen) atoms. The first-order chi connectivity index (χ1) is 12.7.